The minimum atomic E-state index is -4.70. The van der Waals surface area contributed by atoms with E-state index < -0.39 is 24.0 Å². The van der Waals surface area contributed by atoms with Crippen molar-refractivity contribution in [1.82, 2.24) is 0 Å². The Balaban J connectivity index is 0. The molecule has 14 heavy (non-hydrogen) atoms. The molecular weight excluding hydrogens is 223 g/mol. The largest absolute Gasteiger partial charge is 0.468 e. The number of hydrogen-bond acceptors (Lipinski definition) is 3. The smallest absolute Gasteiger partial charge is 0.404 e. The van der Waals surface area contributed by atoms with Gasteiger partial charge >= 0.3 is 12.1 Å². The van der Waals surface area contributed by atoms with Crippen LogP contribution in [0.1, 0.15) is 13.3 Å². The Morgan fingerprint density at radius 1 is 1.50 bits per heavy atom. The van der Waals surface area contributed by atoms with Crippen LogP contribution in [0.15, 0.2) is 0 Å². The molecule has 0 amide bonds. The number of carbonyl (C=O) groups is 1. The first-order valence-corrected chi connectivity index (χ1v) is 3.43. The highest BCUT2D eigenvalue weighted by molar-refractivity contribution is 5.85. The van der Waals surface area contributed by atoms with Crippen LogP contribution < -0.4 is 0 Å². The molecule has 1 N–H and O–H groups in total. The van der Waals surface area contributed by atoms with Crippen LogP contribution >= 0.6 is 12.4 Å². The van der Waals surface area contributed by atoms with Gasteiger partial charge in [0.2, 0.25) is 0 Å². The number of hydrogen-bond donors (Lipinski definition) is 1. The Kier molecular flexibility index (Phi) is 5.81. The van der Waals surface area contributed by atoms with Gasteiger partial charge in [-0.3, -0.25) is 4.79 Å². The van der Waals surface area contributed by atoms with Crippen LogP contribution in [0, 0.1) is 10.8 Å². The molecule has 0 fully saturated rings. The lowest BCUT2D eigenvalue weighted by molar-refractivity contribution is -0.226. The molecule has 0 aliphatic carbocycles. The molecule has 0 radical (unpaired) electrons. The minimum Gasteiger partial charge on any atom is -0.468 e. The van der Waals surface area contributed by atoms with Crippen molar-refractivity contribution in [1.29, 1.82) is 5.41 Å². The van der Waals surface area contributed by atoms with Crippen LogP contribution in [0.2, 0.25) is 0 Å². The summed E-state index contributed by atoms with van der Waals surface area (Å²) in [4.78, 5) is 10.8. The first kappa shape index (κ1) is 15.7. The van der Waals surface area contributed by atoms with E-state index in [1.54, 1.807) is 0 Å². The van der Waals surface area contributed by atoms with E-state index in [-0.39, 0.29) is 12.4 Å². The Labute approximate surface area is 85.5 Å². The molecule has 0 rings (SSSR count). The van der Waals surface area contributed by atoms with E-state index in [2.05, 4.69) is 4.74 Å². The van der Waals surface area contributed by atoms with Crippen LogP contribution in [-0.2, 0) is 9.53 Å². The van der Waals surface area contributed by atoms with Crippen molar-refractivity contribution in [2.24, 2.45) is 5.41 Å². The average Bonchev–Trinajstić information content (AvgIpc) is 2.01. The second-order valence-electron chi connectivity index (χ2n) is 2.73. The highest BCUT2D eigenvalue weighted by atomic mass is 35.5. The standard InChI is InChI=1S/C7H10F3NO2.ClH/c1-6(3-4-11,5(12)13-2)7(8,9)10;/h4,11H,3H2,1-2H3;1H. The third-order valence-corrected chi connectivity index (χ3v) is 1.77. The van der Waals surface area contributed by atoms with Gasteiger partial charge in [-0.05, 0) is 13.1 Å². The molecule has 0 aromatic heterocycles. The molecule has 0 aliphatic heterocycles. The maximum Gasteiger partial charge on any atom is 0.404 e. The molecule has 1 atom stereocenters. The van der Waals surface area contributed by atoms with Crippen LogP contribution in [0.25, 0.3) is 0 Å². The summed E-state index contributed by atoms with van der Waals surface area (Å²) >= 11 is 0. The summed E-state index contributed by atoms with van der Waals surface area (Å²) in [6.07, 6.45) is -4.86. The van der Waals surface area contributed by atoms with Gasteiger partial charge in [-0.2, -0.15) is 13.2 Å². The predicted molar refractivity (Wildman–Crippen MR) is 46.8 cm³/mol. The lowest BCUT2D eigenvalue weighted by Crippen LogP contribution is -2.43. The first-order valence-electron chi connectivity index (χ1n) is 3.43. The van der Waals surface area contributed by atoms with E-state index in [9.17, 15) is 18.0 Å². The fourth-order valence-electron chi connectivity index (χ4n) is 0.744. The number of halogens is 4. The first-order chi connectivity index (χ1) is 5.79. The summed E-state index contributed by atoms with van der Waals surface area (Å²) in [5.41, 5.74) is -2.61. The molecule has 1 unspecified atom stereocenters. The van der Waals surface area contributed by atoms with E-state index in [0.717, 1.165) is 7.11 Å². The van der Waals surface area contributed by atoms with Crippen molar-refractivity contribution in [3.8, 4) is 0 Å². The van der Waals surface area contributed by atoms with E-state index >= 15 is 0 Å². The van der Waals surface area contributed by atoms with E-state index in [1.807, 2.05) is 0 Å². The number of rotatable bonds is 3. The van der Waals surface area contributed by atoms with Gasteiger partial charge in [-0.1, -0.05) is 0 Å². The summed E-state index contributed by atoms with van der Waals surface area (Å²) < 4.78 is 41.0. The molecule has 0 heterocycles. The van der Waals surface area contributed by atoms with E-state index in [4.69, 9.17) is 5.41 Å². The quantitative estimate of drug-likeness (QED) is 0.600. The number of methoxy groups -OCH3 is 1. The average molecular weight is 234 g/mol. The van der Waals surface area contributed by atoms with Crippen LogP contribution in [0.4, 0.5) is 13.2 Å². The molecule has 0 bridgehead atoms. The molecule has 0 spiro atoms. The maximum atomic E-state index is 12.3. The fourth-order valence-corrected chi connectivity index (χ4v) is 0.744. The third-order valence-electron chi connectivity index (χ3n) is 1.77. The number of ether oxygens (including phenoxy) is 1. The van der Waals surface area contributed by atoms with Gasteiger partial charge in [0.05, 0.1) is 7.11 Å². The highest BCUT2D eigenvalue weighted by Crippen LogP contribution is 2.41. The van der Waals surface area contributed by atoms with E-state index in [0.29, 0.717) is 13.1 Å². The van der Waals surface area contributed by atoms with Gasteiger partial charge in [0, 0.05) is 6.42 Å². The number of nitrogens with one attached hydrogen (secondary N) is 1. The lowest BCUT2D eigenvalue weighted by atomic mass is 9.86. The zero-order chi connectivity index (χ0) is 10.7. The summed E-state index contributed by atoms with van der Waals surface area (Å²) in [6, 6.07) is 0. The molecule has 0 aromatic carbocycles. The topological polar surface area (TPSA) is 50.2 Å². The Hall–Kier alpha value is -0.780. The molecule has 84 valence electrons. The van der Waals surface area contributed by atoms with Gasteiger partial charge in [0.1, 0.15) is 0 Å². The number of esters is 1. The van der Waals surface area contributed by atoms with Crippen molar-refractivity contribution < 1.29 is 22.7 Å². The monoisotopic (exact) mass is 233 g/mol. The second-order valence-corrected chi connectivity index (χ2v) is 2.73. The Bertz CT molecular complexity index is 219. The molecular formula is C7H11ClF3NO2. The van der Waals surface area contributed by atoms with Crippen molar-refractivity contribution in [3.63, 3.8) is 0 Å². The summed E-state index contributed by atoms with van der Waals surface area (Å²) in [7, 11) is 0.885. The van der Waals surface area contributed by atoms with Crippen molar-refractivity contribution in [2.45, 2.75) is 19.5 Å². The summed E-state index contributed by atoms with van der Waals surface area (Å²) in [6.45, 7) is 0.712. The summed E-state index contributed by atoms with van der Waals surface area (Å²) in [5.74, 6) is -1.37. The van der Waals surface area contributed by atoms with Crippen molar-refractivity contribution >= 4 is 24.6 Å². The fraction of sp³-hybridized carbons (Fsp3) is 0.714. The van der Waals surface area contributed by atoms with Gasteiger partial charge < -0.3 is 10.1 Å². The molecule has 0 saturated heterocycles. The Morgan fingerprint density at radius 2 is 1.93 bits per heavy atom. The van der Waals surface area contributed by atoms with E-state index in [1.165, 1.54) is 0 Å². The van der Waals surface area contributed by atoms with Gasteiger partial charge in [-0.25, -0.2) is 0 Å². The molecule has 7 heteroatoms. The lowest BCUT2D eigenvalue weighted by Gasteiger charge is -2.27. The van der Waals surface area contributed by atoms with Gasteiger partial charge in [-0.15, -0.1) is 12.4 Å². The SMILES string of the molecule is COC(=O)C(C)(CC=N)C(F)(F)F.Cl. The number of carbonyl (C=O) groups excluding carboxylic acids is 1. The minimum absolute atomic E-state index is 0. The van der Waals surface area contributed by atoms with Gasteiger partial charge in [0.25, 0.3) is 0 Å². The second kappa shape index (κ2) is 5.19. The Morgan fingerprint density at radius 3 is 2.14 bits per heavy atom. The normalized spacial score (nSPS) is 14.9. The van der Waals surface area contributed by atoms with Gasteiger partial charge in [0.15, 0.2) is 5.41 Å². The number of alkyl halides is 3. The third kappa shape index (κ3) is 2.87. The molecule has 0 aliphatic rings. The van der Waals surface area contributed by atoms with Crippen molar-refractivity contribution in [3.05, 3.63) is 0 Å². The van der Waals surface area contributed by atoms with Crippen LogP contribution in [0.5, 0.6) is 0 Å². The molecule has 0 saturated carbocycles. The zero-order valence-corrected chi connectivity index (χ0v) is 8.46. The van der Waals surface area contributed by atoms with Crippen LogP contribution in [-0.4, -0.2) is 25.5 Å². The predicted octanol–water partition coefficient (Wildman–Crippen LogP) is 2.19. The summed E-state index contributed by atoms with van der Waals surface area (Å²) in [5, 5.41) is 6.57. The zero-order valence-electron chi connectivity index (χ0n) is 7.64. The maximum absolute atomic E-state index is 12.3. The highest BCUT2D eigenvalue weighted by Gasteiger charge is 2.57. The van der Waals surface area contributed by atoms with Crippen LogP contribution in [0.3, 0.4) is 0 Å². The molecule has 3 nitrogen and oxygen atoms in total. The van der Waals surface area contributed by atoms with Crippen molar-refractivity contribution in [2.75, 3.05) is 7.11 Å². The molecule has 0 aromatic rings.